The summed E-state index contributed by atoms with van der Waals surface area (Å²) in [6.07, 6.45) is 2.45. The van der Waals surface area contributed by atoms with E-state index in [9.17, 15) is 19.8 Å². The van der Waals surface area contributed by atoms with Crippen LogP contribution in [0, 0.1) is 19.3 Å². The third-order valence-corrected chi connectivity index (χ3v) is 3.27. The van der Waals surface area contributed by atoms with Crippen molar-refractivity contribution in [1.82, 2.24) is 9.55 Å². The molecule has 8 nitrogen and oxygen atoms in total. The number of aryl methyl sites for hydroxylation is 1. The lowest BCUT2D eigenvalue weighted by Crippen LogP contribution is -2.40. The van der Waals surface area contributed by atoms with Gasteiger partial charge in [0.25, 0.3) is 5.56 Å². The van der Waals surface area contributed by atoms with Crippen molar-refractivity contribution >= 4 is 0 Å². The molecule has 1 fully saturated rings. The van der Waals surface area contributed by atoms with E-state index in [2.05, 4.69) is 10.9 Å². The van der Waals surface area contributed by atoms with Gasteiger partial charge < -0.3 is 19.7 Å². The third-order valence-electron chi connectivity index (χ3n) is 3.27. The first-order chi connectivity index (χ1) is 9.99. The maximum Gasteiger partial charge on any atom is 0.330 e. The minimum atomic E-state index is -1.15. The molecule has 0 spiro atoms. The van der Waals surface area contributed by atoms with Gasteiger partial charge in [0.2, 0.25) is 0 Å². The number of rotatable bonds is 4. The first-order valence-electron chi connectivity index (χ1n) is 6.31. The lowest BCUT2D eigenvalue weighted by molar-refractivity contribution is -0.0678. The molecule has 1 aliphatic heterocycles. The van der Waals surface area contributed by atoms with Gasteiger partial charge in [-0.25, -0.2) is 4.79 Å². The highest BCUT2D eigenvalue weighted by Gasteiger charge is 2.45. The zero-order valence-corrected chi connectivity index (χ0v) is 11.4. The molecule has 1 aromatic heterocycles. The first kappa shape index (κ1) is 15.5. The third kappa shape index (κ3) is 2.91. The Labute approximate surface area is 119 Å². The van der Waals surface area contributed by atoms with Crippen LogP contribution in [0.4, 0.5) is 0 Å². The predicted molar refractivity (Wildman–Crippen MR) is 71.6 cm³/mol. The number of ether oxygens (including phenoxy) is 2. The quantitative estimate of drug-likeness (QED) is 0.560. The Balaban J connectivity index is 2.40. The summed E-state index contributed by atoms with van der Waals surface area (Å²) in [5, 5.41) is 19.2. The second-order valence-corrected chi connectivity index (χ2v) is 4.70. The van der Waals surface area contributed by atoms with Gasteiger partial charge in [-0.1, -0.05) is 5.92 Å². The van der Waals surface area contributed by atoms with Crippen LogP contribution in [0.1, 0.15) is 11.8 Å². The molecule has 114 valence electrons. The SMILES string of the molecule is C#CCOC1C(O)C(CO)OC1n1cc(C)c(=O)[nH]c1=O. The molecule has 2 rings (SSSR count). The molecule has 1 aromatic rings. The van der Waals surface area contributed by atoms with Crippen molar-refractivity contribution in [2.45, 2.75) is 31.5 Å². The Morgan fingerprint density at radius 2 is 2.29 bits per heavy atom. The van der Waals surface area contributed by atoms with Crippen LogP contribution >= 0.6 is 0 Å². The molecule has 0 bridgehead atoms. The van der Waals surface area contributed by atoms with E-state index in [-0.39, 0.29) is 6.61 Å². The topological polar surface area (TPSA) is 114 Å². The highest BCUT2D eigenvalue weighted by Crippen LogP contribution is 2.30. The van der Waals surface area contributed by atoms with Crippen molar-refractivity contribution < 1.29 is 19.7 Å². The molecule has 1 saturated heterocycles. The first-order valence-corrected chi connectivity index (χ1v) is 6.31. The van der Waals surface area contributed by atoms with E-state index in [0.29, 0.717) is 5.56 Å². The summed E-state index contributed by atoms with van der Waals surface area (Å²) in [5.74, 6) is 2.26. The van der Waals surface area contributed by atoms with Gasteiger partial charge in [-0.05, 0) is 6.92 Å². The van der Waals surface area contributed by atoms with Gasteiger partial charge >= 0.3 is 5.69 Å². The summed E-state index contributed by atoms with van der Waals surface area (Å²) < 4.78 is 11.9. The average Bonchev–Trinajstić information content (AvgIpc) is 2.77. The minimum Gasteiger partial charge on any atom is -0.394 e. The number of aromatic amines is 1. The van der Waals surface area contributed by atoms with Gasteiger partial charge in [0.15, 0.2) is 6.23 Å². The number of nitrogens with one attached hydrogen (secondary N) is 1. The second-order valence-electron chi connectivity index (χ2n) is 4.70. The van der Waals surface area contributed by atoms with Crippen molar-refractivity contribution in [3.05, 3.63) is 32.6 Å². The number of aliphatic hydroxyl groups is 2. The number of nitrogens with zero attached hydrogens (tertiary/aromatic N) is 1. The van der Waals surface area contributed by atoms with E-state index >= 15 is 0 Å². The standard InChI is InChI=1S/C13H16N2O6/c1-3-4-20-10-9(17)8(6-16)21-12(10)15-5-7(2)11(18)14-13(15)19/h1,5,8-10,12,16-17H,4,6H2,2H3,(H,14,18,19). The summed E-state index contributed by atoms with van der Waals surface area (Å²) in [7, 11) is 0. The van der Waals surface area contributed by atoms with Gasteiger partial charge in [0.1, 0.15) is 24.9 Å². The van der Waals surface area contributed by atoms with E-state index < -0.39 is 42.4 Å². The summed E-state index contributed by atoms with van der Waals surface area (Å²) in [5.41, 5.74) is -0.902. The smallest absolute Gasteiger partial charge is 0.330 e. The maximum absolute atomic E-state index is 11.9. The summed E-state index contributed by atoms with van der Waals surface area (Å²) in [4.78, 5) is 25.4. The van der Waals surface area contributed by atoms with Crippen LogP contribution in [0.15, 0.2) is 15.8 Å². The van der Waals surface area contributed by atoms with Crippen LogP contribution in [0.25, 0.3) is 0 Å². The molecule has 4 atom stereocenters. The van der Waals surface area contributed by atoms with E-state index in [4.69, 9.17) is 15.9 Å². The Hall–Kier alpha value is -1.92. The van der Waals surface area contributed by atoms with Crippen LogP contribution < -0.4 is 11.2 Å². The summed E-state index contributed by atoms with van der Waals surface area (Å²) in [6.45, 7) is 1.00. The molecule has 3 N–H and O–H groups in total. The minimum absolute atomic E-state index is 0.0865. The predicted octanol–water partition coefficient (Wildman–Crippen LogP) is -1.89. The number of terminal acetylenes is 1. The molecule has 0 amide bonds. The number of aliphatic hydroxyl groups excluding tert-OH is 2. The normalized spacial score (nSPS) is 28.5. The molecule has 2 heterocycles. The largest absolute Gasteiger partial charge is 0.394 e. The van der Waals surface area contributed by atoms with E-state index in [1.165, 1.54) is 13.1 Å². The van der Waals surface area contributed by atoms with E-state index in [1.54, 1.807) is 0 Å². The van der Waals surface area contributed by atoms with Crippen molar-refractivity contribution in [2.24, 2.45) is 0 Å². The van der Waals surface area contributed by atoms with Gasteiger partial charge in [0, 0.05) is 11.8 Å². The van der Waals surface area contributed by atoms with Crippen molar-refractivity contribution in [1.29, 1.82) is 0 Å². The number of aromatic nitrogens is 2. The Bertz CT molecular complexity index is 658. The molecule has 0 aromatic carbocycles. The molecule has 4 unspecified atom stereocenters. The lowest BCUT2D eigenvalue weighted by atomic mass is 10.1. The molecule has 8 heteroatoms. The van der Waals surface area contributed by atoms with E-state index in [0.717, 1.165) is 4.57 Å². The Morgan fingerprint density at radius 1 is 1.57 bits per heavy atom. The molecule has 0 saturated carbocycles. The van der Waals surface area contributed by atoms with Crippen LogP contribution in [-0.2, 0) is 9.47 Å². The molecular weight excluding hydrogens is 280 g/mol. The molecule has 21 heavy (non-hydrogen) atoms. The van der Waals surface area contributed by atoms with Crippen LogP contribution in [0.3, 0.4) is 0 Å². The van der Waals surface area contributed by atoms with Crippen molar-refractivity contribution in [2.75, 3.05) is 13.2 Å². The van der Waals surface area contributed by atoms with Crippen molar-refractivity contribution in [3.8, 4) is 12.3 Å². The van der Waals surface area contributed by atoms with Crippen LogP contribution in [0.2, 0.25) is 0 Å². The molecular formula is C13H16N2O6. The fourth-order valence-electron chi connectivity index (χ4n) is 2.19. The highest BCUT2D eigenvalue weighted by atomic mass is 16.6. The summed E-state index contributed by atoms with van der Waals surface area (Å²) in [6, 6.07) is 0. The number of H-pyrrole nitrogens is 1. The van der Waals surface area contributed by atoms with Crippen molar-refractivity contribution in [3.63, 3.8) is 0 Å². The highest BCUT2D eigenvalue weighted by molar-refractivity contribution is 5.03. The van der Waals surface area contributed by atoms with Gasteiger partial charge in [-0.15, -0.1) is 6.42 Å². The fraction of sp³-hybridized carbons (Fsp3) is 0.538. The lowest BCUT2D eigenvalue weighted by Gasteiger charge is -2.21. The van der Waals surface area contributed by atoms with Gasteiger partial charge in [-0.3, -0.25) is 14.3 Å². The molecule has 0 radical (unpaired) electrons. The summed E-state index contributed by atoms with van der Waals surface area (Å²) >= 11 is 0. The Kier molecular flexibility index (Phi) is 4.59. The number of hydrogen-bond acceptors (Lipinski definition) is 6. The maximum atomic E-state index is 11.9. The van der Waals surface area contributed by atoms with Gasteiger partial charge in [-0.2, -0.15) is 0 Å². The molecule has 0 aliphatic carbocycles. The zero-order chi connectivity index (χ0) is 15.6. The molecule has 1 aliphatic rings. The Morgan fingerprint density at radius 3 is 2.90 bits per heavy atom. The monoisotopic (exact) mass is 296 g/mol. The van der Waals surface area contributed by atoms with Crippen LogP contribution in [0.5, 0.6) is 0 Å². The van der Waals surface area contributed by atoms with Crippen LogP contribution in [-0.4, -0.2) is 51.3 Å². The fourth-order valence-corrected chi connectivity index (χ4v) is 2.19. The second kappa shape index (κ2) is 6.24. The number of hydrogen-bond donors (Lipinski definition) is 3. The van der Waals surface area contributed by atoms with E-state index in [1.807, 2.05) is 0 Å². The average molecular weight is 296 g/mol. The van der Waals surface area contributed by atoms with Gasteiger partial charge in [0.05, 0.1) is 6.61 Å². The zero-order valence-electron chi connectivity index (χ0n) is 11.4.